The number of hydrogen-bond acceptors (Lipinski definition) is 2. The number of aryl methyl sites for hydroxylation is 3. The van der Waals surface area contributed by atoms with E-state index in [0.29, 0.717) is 0 Å². The van der Waals surface area contributed by atoms with E-state index >= 15 is 0 Å². The lowest BCUT2D eigenvalue weighted by atomic mass is 10.1. The van der Waals surface area contributed by atoms with Crippen molar-refractivity contribution in [1.82, 2.24) is 9.97 Å². The normalized spacial score (nSPS) is 10.3. The molecule has 0 saturated heterocycles. The molecule has 0 aliphatic carbocycles. The molecule has 0 aliphatic heterocycles. The SMILES string of the molecule is CCc1ccc(CCc2cnccn2)cc1. The van der Waals surface area contributed by atoms with E-state index in [1.807, 2.05) is 6.20 Å². The molecule has 0 bridgehead atoms. The van der Waals surface area contributed by atoms with Gasteiger partial charge in [-0.15, -0.1) is 0 Å². The van der Waals surface area contributed by atoms with Crippen molar-refractivity contribution in [3.05, 3.63) is 59.7 Å². The Morgan fingerprint density at radius 3 is 2.31 bits per heavy atom. The summed E-state index contributed by atoms with van der Waals surface area (Å²) in [5, 5.41) is 0. The fourth-order valence-electron chi connectivity index (χ4n) is 1.67. The highest BCUT2D eigenvalue weighted by atomic mass is 14.8. The third-order valence-corrected chi connectivity index (χ3v) is 2.72. The molecule has 0 amide bonds. The van der Waals surface area contributed by atoms with Gasteiger partial charge in [-0.2, -0.15) is 0 Å². The van der Waals surface area contributed by atoms with Crippen molar-refractivity contribution in [2.24, 2.45) is 0 Å². The van der Waals surface area contributed by atoms with Crippen LogP contribution in [0, 0.1) is 0 Å². The van der Waals surface area contributed by atoms with E-state index in [1.54, 1.807) is 12.4 Å². The summed E-state index contributed by atoms with van der Waals surface area (Å²) in [5.41, 5.74) is 3.81. The first-order chi connectivity index (χ1) is 7.88. The quantitative estimate of drug-likeness (QED) is 0.778. The first-order valence-corrected chi connectivity index (χ1v) is 5.71. The summed E-state index contributed by atoms with van der Waals surface area (Å²) in [7, 11) is 0. The molecule has 0 unspecified atom stereocenters. The van der Waals surface area contributed by atoms with Crippen molar-refractivity contribution in [3.63, 3.8) is 0 Å². The second kappa shape index (κ2) is 5.40. The molecule has 2 nitrogen and oxygen atoms in total. The van der Waals surface area contributed by atoms with Crippen molar-refractivity contribution in [3.8, 4) is 0 Å². The first-order valence-electron chi connectivity index (χ1n) is 5.71. The van der Waals surface area contributed by atoms with Crippen LogP contribution in [0.15, 0.2) is 42.9 Å². The molecule has 0 saturated carbocycles. The van der Waals surface area contributed by atoms with Crippen LogP contribution in [0.3, 0.4) is 0 Å². The van der Waals surface area contributed by atoms with E-state index in [9.17, 15) is 0 Å². The maximum atomic E-state index is 4.27. The third-order valence-electron chi connectivity index (χ3n) is 2.72. The smallest absolute Gasteiger partial charge is 0.0589 e. The Hall–Kier alpha value is -1.70. The van der Waals surface area contributed by atoms with Gasteiger partial charge >= 0.3 is 0 Å². The fourth-order valence-corrected chi connectivity index (χ4v) is 1.67. The summed E-state index contributed by atoms with van der Waals surface area (Å²) in [4.78, 5) is 8.33. The number of rotatable bonds is 4. The first kappa shape index (κ1) is 10.8. The summed E-state index contributed by atoms with van der Waals surface area (Å²) in [5.74, 6) is 0. The van der Waals surface area contributed by atoms with E-state index in [0.717, 1.165) is 25.0 Å². The number of benzene rings is 1. The Morgan fingerprint density at radius 2 is 1.69 bits per heavy atom. The van der Waals surface area contributed by atoms with Crippen LogP contribution in [0.25, 0.3) is 0 Å². The van der Waals surface area contributed by atoms with Gasteiger partial charge in [0, 0.05) is 18.6 Å². The fraction of sp³-hybridized carbons (Fsp3) is 0.286. The summed E-state index contributed by atoms with van der Waals surface area (Å²) in [6.45, 7) is 2.18. The zero-order chi connectivity index (χ0) is 11.2. The lowest BCUT2D eigenvalue weighted by molar-refractivity contribution is 0.897. The van der Waals surface area contributed by atoms with Crippen LogP contribution >= 0.6 is 0 Å². The van der Waals surface area contributed by atoms with Crippen LogP contribution < -0.4 is 0 Å². The van der Waals surface area contributed by atoms with E-state index in [-0.39, 0.29) is 0 Å². The number of hydrogen-bond donors (Lipinski definition) is 0. The zero-order valence-corrected chi connectivity index (χ0v) is 9.56. The zero-order valence-electron chi connectivity index (χ0n) is 9.56. The molecule has 82 valence electrons. The Balaban J connectivity index is 1.94. The monoisotopic (exact) mass is 212 g/mol. The topological polar surface area (TPSA) is 25.8 Å². The van der Waals surface area contributed by atoms with E-state index < -0.39 is 0 Å². The van der Waals surface area contributed by atoms with Crippen molar-refractivity contribution < 1.29 is 0 Å². The lowest BCUT2D eigenvalue weighted by Crippen LogP contribution is -1.95. The van der Waals surface area contributed by atoms with Gasteiger partial charge in [0.05, 0.1) is 5.69 Å². The molecule has 0 fully saturated rings. The summed E-state index contributed by atoms with van der Waals surface area (Å²) in [6, 6.07) is 8.81. The lowest BCUT2D eigenvalue weighted by Gasteiger charge is -2.02. The van der Waals surface area contributed by atoms with Crippen molar-refractivity contribution >= 4 is 0 Å². The number of nitrogens with zero attached hydrogens (tertiary/aromatic N) is 2. The molecular formula is C14H16N2. The molecule has 2 rings (SSSR count). The van der Waals surface area contributed by atoms with Gasteiger partial charge in [0.2, 0.25) is 0 Å². The second-order valence-electron chi connectivity index (χ2n) is 3.87. The van der Waals surface area contributed by atoms with Gasteiger partial charge in [0.25, 0.3) is 0 Å². The second-order valence-corrected chi connectivity index (χ2v) is 3.87. The minimum Gasteiger partial charge on any atom is -0.261 e. The van der Waals surface area contributed by atoms with Crippen LogP contribution in [0.4, 0.5) is 0 Å². The highest BCUT2D eigenvalue weighted by Crippen LogP contribution is 2.07. The van der Waals surface area contributed by atoms with Crippen LogP contribution in [0.2, 0.25) is 0 Å². The third kappa shape index (κ3) is 2.89. The van der Waals surface area contributed by atoms with Crippen LogP contribution in [-0.4, -0.2) is 9.97 Å². The molecular weight excluding hydrogens is 196 g/mol. The summed E-state index contributed by atoms with van der Waals surface area (Å²) < 4.78 is 0. The van der Waals surface area contributed by atoms with Crippen molar-refractivity contribution in [2.75, 3.05) is 0 Å². The highest BCUT2D eigenvalue weighted by Gasteiger charge is 1.97. The molecule has 0 radical (unpaired) electrons. The van der Waals surface area contributed by atoms with Crippen molar-refractivity contribution in [1.29, 1.82) is 0 Å². The van der Waals surface area contributed by atoms with Gasteiger partial charge < -0.3 is 0 Å². The predicted molar refractivity (Wildman–Crippen MR) is 65.3 cm³/mol. The van der Waals surface area contributed by atoms with Gasteiger partial charge in [-0.3, -0.25) is 9.97 Å². The maximum Gasteiger partial charge on any atom is 0.0589 e. The van der Waals surface area contributed by atoms with Gasteiger partial charge in [0.1, 0.15) is 0 Å². The molecule has 0 atom stereocenters. The Bertz CT molecular complexity index is 420. The standard InChI is InChI=1S/C14H16N2/c1-2-12-3-5-13(6-4-12)7-8-14-11-15-9-10-16-14/h3-6,9-11H,2,7-8H2,1H3. The minimum absolute atomic E-state index is 0.958. The van der Waals surface area contributed by atoms with Crippen LogP contribution in [0.5, 0.6) is 0 Å². The largest absolute Gasteiger partial charge is 0.261 e. The molecule has 16 heavy (non-hydrogen) atoms. The van der Waals surface area contributed by atoms with E-state index in [4.69, 9.17) is 0 Å². The minimum atomic E-state index is 0.958. The summed E-state index contributed by atoms with van der Waals surface area (Å²) in [6.07, 6.45) is 8.38. The Morgan fingerprint density at radius 1 is 0.938 bits per heavy atom. The van der Waals surface area contributed by atoms with Gasteiger partial charge in [0.15, 0.2) is 0 Å². The van der Waals surface area contributed by atoms with E-state index in [1.165, 1.54) is 11.1 Å². The molecule has 0 N–H and O–H groups in total. The predicted octanol–water partition coefficient (Wildman–Crippen LogP) is 2.82. The number of aromatic nitrogens is 2. The molecule has 0 spiro atoms. The molecule has 1 aromatic carbocycles. The van der Waals surface area contributed by atoms with Crippen LogP contribution in [-0.2, 0) is 19.3 Å². The summed E-state index contributed by atoms with van der Waals surface area (Å²) >= 11 is 0. The highest BCUT2D eigenvalue weighted by molar-refractivity contribution is 5.23. The average Bonchev–Trinajstić information content (AvgIpc) is 2.38. The molecule has 1 heterocycles. The average molecular weight is 212 g/mol. The molecule has 2 aromatic rings. The van der Waals surface area contributed by atoms with E-state index in [2.05, 4.69) is 41.2 Å². The van der Waals surface area contributed by atoms with Gasteiger partial charge in [-0.1, -0.05) is 31.2 Å². The maximum absolute atomic E-state index is 4.27. The van der Waals surface area contributed by atoms with Crippen LogP contribution in [0.1, 0.15) is 23.7 Å². The molecule has 2 heteroatoms. The molecule has 1 aromatic heterocycles. The molecule has 0 aliphatic rings. The Labute approximate surface area is 96.4 Å². The Kier molecular flexibility index (Phi) is 3.65. The van der Waals surface area contributed by atoms with Gasteiger partial charge in [-0.05, 0) is 30.4 Å². The van der Waals surface area contributed by atoms with Crippen molar-refractivity contribution in [2.45, 2.75) is 26.2 Å². The van der Waals surface area contributed by atoms with Gasteiger partial charge in [-0.25, -0.2) is 0 Å².